The van der Waals surface area contributed by atoms with E-state index in [0.29, 0.717) is 11.3 Å². The van der Waals surface area contributed by atoms with Crippen molar-refractivity contribution in [3.05, 3.63) is 29.8 Å². The highest BCUT2D eigenvalue weighted by atomic mass is 16.3. The minimum atomic E-state index is 0.436. The Bertz CT molecular complexity index is 218. The monoisotopic (exact) mass is 124 g/mol. The average Bonchev–Trinajstić information content (AvgIpc) is 2.05. The van der Waals surface area contributed by atoms with Crippen molar-refractivity contribution in [1.29, 1.82) is 1.43 Å². The highest BCUT2D eigenvalue weighted by Crippen LogP contribution is 2.07. The van der Waals surface area contributed by atoms with Gasteiger partial charge in [0.25, 0.3) is 1.43 Å². The van der Waals surface area contributed by atoms with Crippen LogP contribution in [-0.2, 0) is 0 Å². The number of carbonyl (C=O) groups excluding carboxylic acids is 1. The van der Waals surface area contributed by atoms with Gasteiger partial charge in [0, 0.05) is 5.56 Å². The Hall–Kier alpha value is -1.31. The van der Waals surface area contributed by atoms with Crippen molar-refractivity contribution in [3.63, 3.8) is 0 Å². The molecule has 0 aliphatic rings. The molecule has 0 radical (unpaired) electrons. The zero-order valence-electron chi connectivity index (χ0n) is 5.70. The molecule has 2 heteroatoms. The van der Waals surface area contributed by atoms with Crippen LogP contribution in [0.25, 0.3) is 0 Å². The molecule has 0 spiro atoms. The van der Waals surface area contributed by atoms with Crippen LogP contribution in [0.3, 0.4) is 0 Å². The normalized spacial score (nSPS) is 10.0. The fourth-order valence-electron chi connectivity index (χ4n) is 0.546. The van der Waals surface area contributed by atoms with Crippen LogP contribution in [0.1, 0.15) is 10.4 Å². The molecule has 0 fully saturated rings. The third-order valence-electron chi connectivity index (χ3n) is 1.02. The van der Waals surface area contributed by atoms with Crippen LogP contribution in [0.15, 0.2) is 24.3 Å². The summed E-state index contributed by atoms with van der Waals surface area (Å²) in [6.07, 6.45) is 0.744. The van der Waals surface area contributed by atoms with Gasteiger partial charge in [-0.05, 0) is 24.3 Å². The number of carbonyl (C=O) groups is 1. The van der Waals surface area contributed by atoms with Gasteiger partial charge in [0.05, 0.1) is 0 Å². The summed E-state index contributed by atoms with van der Waals surface area (Å²) >= 11 is 0. The Labute approximate surface area is 54.2 Å². The highest BCUT2D eigenvalue weighted by Gasteiger charge is 1.86. The molecule has 0 aliphatic carbocycles. The molecule has 0 atom stereocenters. The van der Waals surface area contributed by atoms with Crippen molar-refractivity contribution < 1.29 is 9.90 Å². The maximum atomic E-state index is 10.1. The molecule has 0 saturated carbocycles. The minimum absolute atomic E-state index is 0.436. The van der Waals surface area contributed by atoms with E-state index in [1.165, 1.54) is 0 Å². The van der Waals surface area contributed by atoms with Gasteiger partial charge >= 0.3 is 0 Å². The molecule has 0 saturated heterocycles. The van der Waals surface area contributed by atoms with E-state index in [4.69, 9.17) is 1.43 Å². The molecule has 46 valence electrons. The van der Waals surface area contributed by atoms with Gasteiger partial charge in [-0.3, -0.25) is 4.79 Å². The molecule has 0 amide bonds. The zero-order chi connectivity index (χ0) is 7.40. The standard InChI is InChI=1S/C7H6O2/c8-5-6-1-3-7(9)4-2-6/h1-5,9H/i/hT. The molecular formula is C7H6O2. The van der Waals surface area contributed by atoms with Gasteiger partial charge in [-0.1, -0.05) is 0 Å². The average molecular weight is 124 g/mol. The van der Waals surface area contributed by atoms with Crippen molar-refractivity contribution in [3.8, 4) is 5.75 Å². The Kier molecular flexibility index (Phi) is 1.17. The number of phenols is 1. The minimum Gasteiger partial charge on any atom is -0.508 e. The Balaban J connectivity index is 2.90. The van der Waals surface area contributed by atoms with E-state index in [2.05, 4.69) is 5.11 Å². The quantitative estimate of drug-likeness (QED) is 0.601. The van der Waals surface area contributed by atoms with E-state index in [1.54, 1.807) is 24.3 Å². The predicted octanol–water partition coefficient (Wildman–Crippen LogP) is 1.20. The number of hydrogen-bond acceptors (Lipinski definition) is 2. The van der Waals surface area contributed by atoms with Gasteiger partial charge < -0.3 is 5.11 Å². The van der Waals surface area contributed by atoms with Gasteiger partial charge in [0.1, 0.15) is 12.0 Å². The second-order valence-corrected chi connectivity index (χ2v) is 1.69. The van der Waals surface area contributed by atoms with Crippen molar-refractivity contribution in [2.24, 2.45) is 0 Å². The molecule has 1 aromatic rings. The summed E-state index contributed by atoms with van der Waals surface area (Å²) in [7, 11) is 0. The predicted molar refractivity (Wildman–Crippen MR) is 33.5 cm³/mol. The Morgan fingerprint density at radius 1 is 1.44 bits per heavy atom. The summed E-state index contributed by atoms with van der Waals surface area (Å²) in [4.78, 5) is 10.1. The maximum Gasteiger partial charge on any atom is 0.293 e. The van der Waals surface area contributed by atoms with Crippen LogP contribution >= 0.6 is 0 Å². The first-order chi connectivity index (χ1) is 4.86. The van der Waals surface area contributed by atoms with E-state index < -0.39 is 0 Å². The molecule has 0 heterocycles. The van der Waals surface area contributed by atoms with Gasteiger partial charge in [-0.2, -0.15) is 0 Å². The highest BCUT2D eigenvalue weighted by molar-refractivity contribution is 5.74. The molecule has 1 aromatic carbocycles. The number of hydrogen-bond donors (Lipinski definition) is 1. The fourth-order valence-corrected chi connectivity index (χ4v) is 0.546. The second-order valence-electron chi connectivity index (χ2n) is 1.69. The largest absolute Gasteiger partial charge is 0.508 e. The summed E-state index contributed by atoms with van der Waals surface area (Å²) in [5.41, 5.74) is 0.584. The molecule has 0 unspecified atom stereocenters. The molecular weight excluding hydrogens is 116 g/mol. The maximum absolute atomic E-state index is 10.1. The smallest absolute Gasteiger partial charge is 0.293 e. The lowest BCUT2D eigenvalue weighted by Crippen LogP contribution is -1.74. The van der Waals surface area contributed by atoms with Crippen molar-refractivity contribution >= 4 is 6.29 Å². The van der Waals surface area contributed by atoms with Crippen LogP contribution in [0.5, 0.6) is 5.75 Å². The first kappa shape index (κ1) is 4.56. The van der Waals surface area contributed by atoms with Gasteiger partial charge in [-0.15, -0.1) is 0 Å². The van der Waals surface area contributed by atoms with Gasteiger partial charge in [0.2, 0.25) is 0 Å². The lowest BCUT2D eigenvalue weighted by Gasteiger charge is -1.88. The molecule has 0 aliphatic heterocycles. The van der Waals surface area contributed by atoms with Crippen LogP contribution in [-0.4, -0.2) is 12.8 Å². The number of aromatic hydroxyl groups is 1. The van der Waals surface area contributed by atoms with Gasteiger partial charge in [-0.25, -0.2) is 0 Å². The third kappa shape index (κ3) is 1.29. The SMILES string of the molecule is [3H]Oc1ccc(C=O)cc1. The van der Waals surface area contributed by atoms with Crippen molar-refractivity contribution in [2.75, 3.05) is 0 Å². The summed E-state index contributed by atoms with van der Waals surface area (Å²) in [5, 5.41) is 4.15. The van der Waals surface area contributed by atoms with E-state index >= 15 is 0 Å². The number of aldehydes is 1. The number of benzene rings is 1. The van der Waals surface area contributed by atoms with E-state index in [1.807, 2.05) is 0 Å². The first-order valence-corrected chi connectivity index (χ1v) is 2.55. The topological polar surface area (TPSA) is 37.3 Å². The van der Waals surface area contributed by atoms with E-state index in [0.717, 1.165) is 6.29 Å². The van der Waals surface area contributed by atoms with Crippen LogP contribution in [0, 0.1) is 0 Å². The van der Waals surface area contributed by atoms with E-state index in [-0.39, 0.29) is 0 Å². The van der Waals surface area contributed by atoms with Gasteiger partial charge in [0.15, 0.2) is 0 Å². The molecule has 1 rings (SSSR count). The number of rotatable bonds is 2. The summed E-state index contributed by atoms with van der Waals surface area (Å²) < 4.78 is 6.48. The lowest BCUT2D eigenvalue weighted by atomic mass is 10.2. The van der Waals surface area contributed by atoms with Crippen LogP contribution < -0.4 is 0 Å². The second kappa shape index (κ2) is 2.31. The molecule has 9 heavy (non-hydrogen) atoms. The first-order valence-electron chi connectivity index (χ1n) is 2.96. The fraction of sp³-hybridized carbons (Fsp3) is 0. The summed E-state index contributed by atoms with van der Waals surface area (Å²) in [6, 6.07) is 6.32. The van der Waals surface area contributed by atoms with Crippen LogP contribution in [0.2, 0.25) is 0 Å². The van der Waals surface area contributed by atoms with E-state index in [9.17, 15) is 4.79 Å². The Morgan fingerprint density at radius 3 is 2.56 bits per heavy atom. The lowest BCUT2D eigenvalue weighted by molar-refractivity contribution is 0.112. The third-order valence-corrected chi connectivity index (χ3v) is 1.02. The summed E-state index contributed by atoms with van der Waals surface area (Å²) in [5.74, 6) is 0.436. The Morgan fingerprint density at radius 2 is 2.11 bits per heavy atom. The molecule has 1 N–H and O–H groups in total. The van der Waals surface area contributed by atoms with Crippen molar-refractivity contribution in [1.82, 2.24) is 0 Å². The summed E-state index contributed by atoms with van der Waals surface area (Å²) in [6.45, 7) is 0. The van der Waals surface area contributed by atoms with Crippen LogP contribution in [0.4, 0.5) is 0 Å². The molecule has 0 aromatic heterocycles. The molecule has 2 nitrogen and oxygen atoms in total. The molecule has 0 bridgehead atoms. The number of phenolic OH excluding ortho intramolecular Hbond substituents is 1. The van der Waals surface area contributed by atoms with Crippen molar-refractivity contribution in [2.45, 2.75) is 0 Å². The zero-order valence-corrected chi connectivity index (χ0v) is 4.70.